The van der Waals surface area contributed by atoms with Crippen molar-refractivity contribution in [1.82, 2.24) is 24.0 Å². The van der Waals surface area contributed by atoms with Crippen LogP contribution in [0.25, 0.3) is 22.2 Å². The Balaban J connectivity index is 1.56. The van der Waals surface area contributed by atoms with E-state index in [4.69, 9.17) is 13.9 Å². The van der Waals surface area contributed by atoms with Crippen LogP contribution in [-0.2, 0) is 34.8 Å². The van der Waals surface area contributed by atoms with E-state index in [2.05, 4.69) is 21.9 Å². The second kappa shape index (κ2) is 13.2. The lowest BCUT2D eigenvalue weighted by Gasteiger charge is -2.29. The molecule has 0 unspecified atom stereocenters. The highest BCUT2D eigenvalue weighted by molar-refractivity contribution is 7.89. The molecule has 1 aromatic carbocycles. The molecule has 1 saturated heterocycles. The summed E-state index contributed by atoms with van der Waals surface area (Å²) in [5, 5.41) is 5.31. The molecule has 1 fully saturated rings. The summed E-state index contributed by atoms with van der Waals surface area (Å²) in [5.41, 5.74) is 2.00. The second-order valence-electron chi connectivity index (χ2n) is 10.5. The number of sulfonamides is 1. The Hall–Kier alpha value is -3.45. The van der Waals surface area contributed by atoms with Crippen molar-refractivity contribution in [3.8, 4) is 17.0 Å². The number of aromatic amines is 1. The van der Waals surface area contributed by atoms with Crippen LogP contribution >= 0.6 is 0 Å². The van der Waals surface area contributed by atoms with Gasteiger partial charge in [0.05, 0.1) is 48.9 Å². The summed E-state index contributed by atoms with van der Waals surface area (Å²) in [6, 6.07) is 10.2. The zero-order valence-electron chi connectivity index (χ0n) is 24.5. The van der Waals surface area contributed by atoms with Crippen LogP contribution in [-0.4, -0.2) is 78.4 Å². The molecular weight excluding hydrogens is 558 g/mol. The molecule has 0 amide bonds. The van der Waals surface area contributed by atoms with Crippen molar-refractivity contribution < 1.29 is 22.3 Å². The normalized spacial score (nSPS) is 14.7. The lowest BCUT2D eigenvalue weighted by molar-refractivity contribution is 0.0360. The number of morpholine rings is 1. The van der Waals surface area contributed by atoms with Crippen molar-refractivity contribution in [2.75, 3.05) is 46.0 Å². The number of benzene rings is 1. The summed E-state index contributed by atoms with van der Waals surface area (Å²) in [4.78, 5) is 18.5. The van der Waals surface area contributed by atoms with E-state index in [1.807, 2.05) is 13.0 Å². The molecule has 11 nitrogen and oxygen atoms in total. The predicted octanol–water partition coefficient (Wildman–Crippen LogP) is 3.79. The van der Waals surface area contributed by atoms with Crippen molar-refractivity contribution in [3.05, 3.63) is 64.5 Å². The van der Waals surface area contributed by atoms with Gasteiger partial charge in [0.25, 0.3) is 5.56 Å². The average molecular weight is 598 g/mol. The van der Waals surface area contributed by atoms with Crippen LogP contribution in [0.3, 0.4) is 0 Å². The Labute approximate surface area is 246 Å². The van der Waals surface area contributed by atoms with Crippen LogP contribution in [0.4, 0.5) is 0 Å². The fourth-order valence-corrected chi connectivity index (χ4v) is 6.67. The number of rotatable bonds is 13. The van der Waals surface area contributed by atoms with Crippen molar-refractivity contribution in [2.45, 2.75) is 44.6 Å². The first-order valence-corrected chi connectivity index (χ1v) is 15.9. The number of hydrogen-bond acceptors (Lipinski definition) is 8. The molecule has 3 aromatic heterocycles. The van der Waals surface area contributed by atoms with Crippen molar-refractivity contribution >= 4 is 20.9 Å². The van der Waals surface area contributed by atoms with E-state index in [-0.39, 0.29) is 23.5 Å². The quantitative estimate of drug-likeness (QED) is 0.247. The summed E-state index contributed by atoms with van der Waals surface area (Å²) in [7, 11) is -2.21. The molecule has 0 saturated carbocycles. The number of hydrogen-bond donors (Lipinski definition) is 1. The maximum Gasteiger partial charge on any atom is 0.274 e. The van der Waals surface area contributed by atoms with Crippen molar-refractivity contribution in [1.29, 1.82) is 0 Å². The van der Waals surface area contributed by atoms with E-state index in [1.54, 1.807) is 42.1 Å². The van der Waals surface area contributed by atoms with Crippen molar-refractivity contribution in [3.63, 3.8) is 0 Å². The molecule has 5 rings (SSSR count). The number of aromatic nitrogens is 3. The van der Waals surface area contributed by atoms with Gasteiger partial charge >= 0.3 is 0 Å². The predicted molar refractivity (Wildman–Crippen MR) is 160 cm³/mol. The third kappa shape index (κ3) is 6.46. The third-order valence-electron chi connectivity index (χ3n) is 7.42. The fourth-order valence-electron chi connectivity index (χ4n) is 5.25. The van der Waals surface area contributed by atoms with Gasteiger partial charge in [-0.15, -0.1) is 0 Å². The average Bonchev–Trinajstić information content (AvgIpc) is 3.62. The standard InChI is InChI=1S/C30H39N5O6S/c1-4-7-26-25-20-27(31-30(36)29(25)33(3)32-26)24-19-23(9-10-28(24)41-15-5-2)42(37,38)35(21-22-8-6-16-40-22)12-11-34-13-17-39-18-14-34/h6,8-10,16,19-20H,4-5,7,11-15,17-18,21H2,1-3H3,(H,31,36). The monoisotopic (exact) mass is 597 g/mol. The Morgan fingerprint density at radius 3 is 2.64 bits per heavy atom. The zero-order chi connectivity index (χ0) is 29.7. The SMILES string of the molecule is CCCOc1ccc(S(=O)(=O)N(CCN2CCOCC2)Cc2ccco2)cc1-c1cc2c(CCC)nn(C)c2c(=O)[nH]1. The zero-order valence-corrected chi connectivity index (χ0v) is 25.3. The van der Waals surface area contributed by atoms with E-state index in [9.17, 15) is 13.2 Å². The number of fused-ring (bicyclic) bond motifs is 1. The first-order chi connectivity index (χ1) is 20.3. The van der Waals surface area contributed by atoms with E-state index in [1.165, 1.54) is 10.6 Å². The lowest BCUT2D eigenvalue weighted by atomic mass is 10.1. The molecular formula is C30H39N5O6S. The summed E-state index contributed by atoms with van der Waals surface area (Å²) in [5.74, 6) is 1.05. The minimum absolute atomic E-state index is 0.0992. The molecule has 1 aliphatic rings. The summed E-state index contributed by atoms with van der Waals surface area (Å²) in [6.45, 7) is 8.24. The van der Waals surface area contributed by atoms with Crippen LogP contribution in [0.5, 0.6) is 5.75 Å². The van der Waals surface area contributed by atoms with E-state index in [0.29, 0.717) is 54.6 Å². The van der Waals surface area contributed by atoms with Gasteiger partial charge in [-0.1, -0.05) is 20.3 Å². The Morgan fingerprint density at radius 2 is 1.93 bits per heavy atom. The molecule has 0 radical (unpaired) electrons. The third-order valence-corrected chi connectivity index (χ3v) is 9.26. The summed E-state index contributed by atoms with van der Waals surface area (Å²) < 4.78 is 48.4. The van der Waals surface area contributed by atoms with Crippen LogP contribution in [0.1, 0.15) is 38.1 Å². The Bertz CT molecular complexity index is 1660. The molecule has 0 spiro atoms. The van der Waals surface area contributed by atoms with E-state index < -0.39 is 10.0 Å². The molecule has 0 bridgehead atoms. The van der Waals surface area contributed by atoms with Crippen LogP contribution < -0.4 is 10.3 Å². The van der Waals surface area contributed by atoms with Gasteiger partial charge in [0, 0.05) is 44.2 Å². The van der Waals surface area contributed by atoms with E-state index >= 15 is 0 Å². The summed E-state index contributed by atoms with van der Waals surface area (Å²) in [6.07, 6.45) is 3.91. The highest BCUT2D eigenvalue weighted by Gasteiger charge is 2.28. The molecule has 4 aromatic rings. The highest BCUT2D eigenvalue weighted by Crippen LogP contribution is 2.34. The number of H-pyrrole nitrogens is 1. The van der Waals surface area contributed by atoms with Gasteiger partial charge in [0.1, 0.15) is 17.0 Å². The lowest BCUT2D eigenvalue weighted by Crippen LogP contribution is -2.42. The van der Waals surface area contributed by atoms with Crippen LogP contribution in [0.15, 0.2) is 56.8 Å². The molecule has 0 atom stereocenters. The molecule has 42 heavy (non-hydrogen) atoms. The first-order valence-electron chi connectivity index (χ1n) is 14.5. The first kappa shape index (κ1) is 30.0. The number of nitrogens with one attached hydrogen (secondary N) is 1. The van der Waals surface area contributed by atoms with Gasteiger partial charge in [0.2, 0.25) is 10.0 Å². The highest BCUT2D eigenvalue weighted by atomic mass is 32.2. The number of aryl methyl sites for hydroxylation is 2. The number of ether oxygens (including phenoxy) is 2. The maximum absolute atomic E-state index is 14.2. The molecule has 12 heteroatoms. The van der Waals surface area contributed by atoms with Gasteiger partial charge in [-0.25, -0.2) is 8.42 Å². The minimum atomic E-state index is -3.96. The minimum Gasteiger partial charge on any atom is -0.493 e. The second-order valence-corrected chi connectivity index (χ2v) is 12.4. The van der Waals surface area contributed by atoms with Gasteiger partial charge < -0.3 is 18.9 Å². The summed E-state index contributed by atoms with van der Waals surface area (Å²) >= 11 is 0. The fraction of sp³-hybridized carbons (Fsp3) is 0.467. The smallest absolute Gasteiger partial charge is 0.274 e. The number of furan rings is 1. The van der Waals surface area contributed by atoms with Gasteiger partial charge in [-0.05, 0) is 49.2 Å². The molecule has 0 aliphatic carbocycles. The van der Waals surface area contributed by atoms with Crippen LogP contribution in [0, 0.1) is 0 Å². The topological polar surface area (TPSA) is 123 Å². The number of pyridine rings is 1. The number of nitrogens with zero attached hydrogens (tertiary/aromatic N) is 4. The molecule has 1 N–H and O–H groups in total. The van der Waals surface area contributed by atoms with Gasteiger partial charge in [-0.3, -0.25) is 14.4 Å². The van der Waals surface area contributed by atoms with Gasteiger partial charge in [0.15, 0.2) is 0 Å². The largest absolute Gasteiger partial charge is 0.493 e. The molecule has 1 aliphatic heterocycles. The molecule has 226 valence electrons. The van der Waals surface area contributed by atoms with E-state index in [0.717, 1.165) is 43.4 Å². The molecule has 4 heterocycles. The van der Waals surface area contributed by atoms with Crippen molar-refractivity contribution in [2.24, 2.45) is 7.05 Å². The van der Waals surface area contributed by atoms with Gasteiger partial charge in [-0.2, -0.15) is 9.40 Å². The Kier molecular flexibility index (Phi) is 9.47. The maximum atomic E-state index is 14.2. The van der Waals surface area contributed by atoms with Crippen LogP contribution in [0.2, 0.25) is 0 Å². The Morgan fingerprint density at radius 1 is 1.12 bits per heavy atom.